The molecule has 2 aromatic heterocycles. The Morgan fingerprint density at radius 3 is 2.64 bits per heavy atom. The molecule has 0 saturated heterocycles. The van der Waals surface area contributed by atoms with Gasteiger partial charge in [0.2, 0.25) is 5.82 Å². The molecule has 0 saturated carbocycles. The first-order chi connectivity index (χ1) is 15.8. The average Bonchev–Trinajstić information content (AvgIpc) is 3.41. The Morgan fingerprint density at radius 1 is 1.09 bits per heavy atom. The summed E-state index contributed by atoms with van der Waals surface area (Å²) < 4.78 is 35.4. The fourth-order valence-electron chi connectivity index (χ4n) is 3.10. The minimum absolute atomic E-state index is 0.102. The Hall–Kier alpha value is -4.01. The van der Waals surface area contributed by atoms with Gasteiger partial charge in [-0.25, -0.2) is 9.18 Å². The maximum atomic E-state index is 13.8. The van der Waals surface area contributed by atoms with Crippen molar-refractivity contribution in [2.24, 2.45) is 0 Å². The molecule has 9 heteroatoms. The molecule has 4 rings (SSSR count). The highest BCUT2D eigenvalue weighted by Gasteiger charge is 2.21. The summed E-state index contributed by atoms with van der Waals surface area (Å²) in [7, 11) is 0. The van der Waals surface area contributed by atoms with Crippen molar-refractivity contribution in [1.82, 2.24) is 15.3 Å². The van der Waals surface area contributed by atoms with E-state index in [4.69, 9.17) is 18.5 Å². The molecule has 0 amide bonds. The molecule has 0 fully saturated rings. The number of aryl methyl sites for hydroxylation is 3. The zero-order valence-electron chi connectivity index (χ0n) is 18.6. The van der Waals surface area contributed by atoms with E-state index in [2.05, 4.69) is 15.3 Å². The molecule has 1 atom stereocenters. The fourth-order valence-corrected chi connectivity index (χ4v) is 3.10. The molecule has 0 radical (unpaired) electrons. The normalized spacial score (nSPS) is 11.9. The van der Waals surface area contributed by atoms with Crippen LogP contribution in [0.15, 0.2) is 51.5 Å². The van der Waals surface area contributed by atoms with Crippen LogP contribution in [0.2, 0.25) is 0 Å². The van der Waals surface area contributed by atoms with Crippen molar-refractivity contribution < 1.29 is 27.7 Å². The van der Waals surface area contributed by atoms with E-state index in [1.165, 1.54) is 6.07 Å². The van der Waals surface area contributed by atoms with Crippen molar-refractivity contribution in [2.45, 2.75) is 40.4 Å². The highest BCUT2D eigenvalue weighted by Crippen LogP contribution is 2.24. The first kappa shape index (κ1) is 22.2. The van der Waals surface area contributed by atoms with Gasteiger partial charge in [-0.3, -0.25) is 0 Å². The SMILES string of the molecule is Cc1ccc(-c2noc(C(C)OC(=O)c3cccc(OCc4c(C)noc4C)c3)n2)cc1F. The summed E-state index contributed by atoms with van der Waals surface area (Å²) in [6, 6.07) is 11.3. The van der Waals surface area contributed by atoms with Crippen molar-refractivity contribution in [1.29, 1.82) is 0 Å². The van der Waals surface area contributed by atoms with E-state index < -0.39 is 12.1 Å². The van der Waals surface area contributed by atoms with Crippen LogP contribution < -0.4 is 4.74 Å². The van der Waals surface area contributed by atoms with Gasteiger partial charge in [-0.15, -0.1) is 0 Å². The first-order valence-electron chi connectivity index (χ1n) is 10.3. The number of rotatable bonds is 7. The van der Waals surface area contributed by atoms with Gasteiger partial charge in [-0.1, -0.05) is 28.5 Å². The van der Waals surface area contributed by atoms with Gasteiger partial charge in [0.25, 0.3) is 5.89 Å². The molecule has 2 heterocycles. The highest BCUT2D eigenvalue weighted by molar-refractivity contribution is 5.90. The predicted molar refractivity (Wildman–Crippen MR) is 115 cm³/mol. The summed E-state index contributed by atoms with van der Waals surface area (Å²) >= 11 is 0. The highest BCUT2D eigenvalue weighted by atomic mass is 19.1. The second-order valence-corrected chi connectivity index (χ2v) is 7.59. The fraction of sp³-hybridized carbons (Fsp3) is 0.250. The van der Waals surface area contributed by atoms with Crippen LogP contribution in [0.4, 0.5) is 4.39 Å². The molecule has 0 aliphatic carbocycles. The number of benzene rings is 2. The number of halogens is 1. The second kappa shape index (κ2) is 9.23. The lowest BCUT2D eigenvalue weighted by atomic mass is 10.1. The number of carbonyl (C=O) groups is 1. The molecule has 0 spiro atoms. The maximum absolute atomic E-state index is 13.8. The van der Waals surface area contributed by atoms with E-state index in [9.17, 15) is 9.18 Å². The summed E-state index contributed by atoms with van der Waals surface area (Å²) in [5, 5.41) is 7.76. The summed E-state index contributed by atoms with van der Waals surface area (Å²) in [5.74, 6) is 0.552. The van der Waals surface area contributed by atoms with Crippen LogP contribution in [0, 0.1) is 26.6 Å². The van der Waals surface area contributed by atoms with Gasteiger partial charge >= 0.3 is 5.97 Å². The van der Waals surface area contributed by atoms with Gasteiger partial charge in [-0.2, -0.15) is 4.98 Å². The van der Waals surface area contributed by atoms with Crippen molar-refractivity contribution in [3.8, 4) is 17.1 Å². The molecule has 1 unspecified atom stereocenters. The van der Waals surface area contributed by atoms with Crippen molar-refractivity contribution in [3.63, 3.8) is 0 Å². The number of hydrogen-bond donors (Lipinski definition) is 0. The van der Waals surface area contributed by atoms with Crippen molar-refractivity contribution in [2.75, 3.05) is 0 Å². The van der Waals surface area contributed by atoms with E-state index in [0.717, 1.165) is 11.3 Å². The molecule has 8 nitrogen and oxygen atoms in total. The summed E-state index contributed by atoms with van der Waals surface area (Å²) in [6.45, 7) is 7.19. The zero-order valence-corrected chi connectivity index (χ0v) is 18.6. The van der Waals surface area contributed by atoms with Gasteiger partial charge in [0.1, 0.15) is 23.9 Å². The summed E-state index contributed by atoms with van der Waals surface area (Å²) in [5.41, 5.74) is 2.90. The Labute approximate surface area is 189 Å². The van der Waals surface area contributed by atoms with Gasteiger partial charge in [0, 0.05) is 5.56 Å². The Bertz CT molecular complexity index is 1280. The predicted octanol–water partition coefficient (Wildman–Crippen LogP) is 5.29. The molecule has 2 aromatic carbocycles. The lowest BCUT2D eigenvalue weighted by Crippen LogP contribution is -2.10. The van der Waals surface area contributed by atoms with E-state index in [1.807, 2.05) is 13.8 Å². The van der Waals surface area contributed by atoms with Gasteiger partial charge in [0.15, 0.2) is 6.10 Å². The number of esters is 1. The third kappa shape index (κ3) is 4.92. The average molecular weight is 451 g/mol. The molecule has 170 valence electrons. The third-order valence-corrected chi connectivity index (χ3v) is 5.14. The van der Waals surface area contributed by atoms with Gasteiger partial charge in [-0.05, 0) is 57.5 Å². The van der Waals surface area contributed by atoms with Crippen LogP contribution in [0.5, 0.6) is 5.75 Å². The molecule has 0 bridgehead atoms. The summed E-state index contributed by atoms with van der Waals surface area (Å²) in [6.07, 6.45) is -0.805. The van der Waals surface area contributed by atoms with Crippen LogP contribution in [-0.4, -0.2) is 21.3 Å². The van der Waals surface area contributed by atoms with Crippen LogP contribution in [-0.2, 0) is 11.3 Å². The molecule has 4 aromatic rings. The summed E-state index contributed by atoms with van der Waals surface area (Å²) in [4.78, 5) is 16.9. The minimum Gasteiger partial charge on any atom is -0.489 e. The minimum atomic E-state index is -0.805. The molecular weight excluding hydrogens is 429 g/mol. The third-order valence-electron chi connectivity index (χ3n) is 5.14. The number of ether oxygens (including phenoxy) is 2. The van der Waals surface area contributed by atoms with Crippen LogP contribution in [0.25, 0.3) is 11.4 Å². The smallest absolute Gasteiger partial charge is 0.339 e. The van der Waals surface area contributed by atoms with E-state index >= 15 is 0 Å². The molecular formula is C24H22FN3O5. The number of carbonyl (C=O) groups excluding carboxylic acids is 1. The lowest BCUT2D eigenvalue weighted by molar-refractivity contribution is 0.0265. The maximum Gasteiger partial charge on any atom is 0.339 e. The number of nitrogens with zero attached hydrogens (tertiary/aromatic N) is 3. The molecule has 0 N–H and O–H groups in total. The molecule has 0 aliphatic rings. The largest absolute Gasteiger partial charge is 0.489 e. The number of aromatic nitrogens is 3. The van der Waals surface area contributed by atoms with E-state index in [0.29, 0.717) is 28.2 Å². The Morgan fingerprint density at radius 2 is 1.91 bits per heavy atom. The van der Waals surface area contributed by atoms with Crippen LogP contribution in [0.3, 0.4) is 0 Å². The van der Waals surface area contributed by atoms with E-state index in [-0.39, 0.29) is 24.1 Å². The zero-order chi connectivity index (χ0) is 23.5. The number of hydrogen-bond acceptors (Lipinski definition) is 8. The standard InChI is InChI=1S/C24H22FN3O5/c1-13-8-9-17(11-21(13)25)22-26-23(33-28-22)16(4)31-24(29)18-6-5-7-19(10-18)30-12-20-14(2)27-32-15(20)3/h5-11,16H,12H2,1-4H3. The van der Waals surface area contributed by atoms with E-state index in [1.54, 1.807) is 50.2 Å². The van der Waals surface area contributed by atoms with Gasteiger partial charge < -0.3 is 18.5 Å². The monoisotopic (exact) mass is 451 g/mol. The lowest BCUT2D eigenvalue weighted by Gasteiger charge is -2.11. The second-order valence-electron chi connectivity index (χ2n) is 7.59. The Balaban J connectivity index is 1.41. The first-order valence-corrected chi connectivity index (χ1v) is 10.3. The molecule has 33 heavy (non-hydrogen) atoms. The van der Waals surface area contributed by atoms with Crippen LogP contribution in [0.1, 0.15) is 51.9 Å². The molecule has 0 aliphatic heterocycles. The topological polar surface area (TPSA) is 100 Å². The quantitative estimate of drug-likeness (QED) is 0.350. The Kier molecular flexibility index (Phi) is 6.21. The van der Waals surface area contributed by atoms with Gasteiger partial charge in [0.05, 0.1) is 16.8 Å². The van der Waals surface area contributed by atoms with Crippen LogP contribution >= 0.6 is 0 Å². The van der Waals surface area contributed by atoms with Crippen molar-refractivity contribution in [3.05, 3.63) is 82.3 Å². The van der Waals surface area contributed by atoms with Crippen molar-refractivity contribution >= 4 is 5.97 Å².